The van der Waals surface area contributed by atoms with Gasteiger partial charge in [0.25, 0.3) is 5.91 Å². The van der Waals surface area contributed by atoms with E-state index in [0.29, 0.717) is 17.9 Å². The van der Waals surface area contributed by atoms with Crippen LogP contribution in [-0.2, 0) is 13.0 Å². The molecule has 8 heteroatoms. The van der Waals surface area contributed by atoms with Crippen LogP contribution in [0.2, 0.25) is 0 Å². The van der Waals surface area contributed by atoms with Crippen LogP contribution >= 0.6 is 12.2 Å². The van der Waals surface area contributed by atoms with E-state index in [2.05, 4.69) is 39.9 Å². The number of amides is 1. The number of aromatic nitrogens is 3. The molecule has 0 bridgehead atoms. The number of hydrogen-bond donors (Lipinski definition) is 2. The minimum Gasteiger partial charge on any atom is -0.489 e. The summed E-state index contributed by atoms with van der Waals surface area (Å²) < 4.78 is 5.80. The minimum atomic E-state index is -0.306. The lowest BCUT2D eigenvalue weighted by Crippen LogP contribution is -2.34. The molecule has 1 aromatic heterocycles. The number of nitrogens with zero attached hydrogens (tertiary/aromatic N) is 3. The summed E-state index contributed by atoms with van der Waals surface area (Å²) in [6, 6.07) is 29.1. The Balaban J connectivity index is 1.20. The van der Waals surface area contributed by atoms with Crippen molar-refractivity contribution in [3.8, 4) is 11.4 Å². The quantitative estimate of drug-likeness (QED) is 0.197. The summed E-state index contributed by atoms with van der Waals surface area (Å²) in [5.74, 6) is 0.379. The second kappa shape index (κ2) is 12.5. The first-order valence-electron chi connectivity index (χ1n) is 13.3. The highest BCUT2D eigenvalue weighted by molar-refractivity contribution is 7.80. The monoisotopic (exact) mass is 549 g/mol. The van der Waals surface area contributed by atoms with E-state index in [1.54, 1.807) is 29.1 Å². The van der Waals surface area contributed by atoms with Crippen molar-refractivity contribution in [1.29, 1.82) is 0 Å². The molecule has 0 atom stereocenters. The number of carbonyl (C=O) groups excluding carboxylic acids is 1. The first-order chi connectivity index (χ1) is 19.5. The van der Waals surface area contributed by atoms with E-state index in [1.807, 2.05) is 61.5 Å². The van der Waals surface area contributed by atoms with Crippen molar-refractivity contribution in [3.63, 3.8) is 0 Å². The van der Waals surface area contributed by atoms with Gasteiger partial charge >= 0.3 is 0 Å². The zero-order valence-electron chi connectivity index (χ0n) is 22.6. The summed E-state index contributed by atoms with van der Waals surface area (Å²) >= 11 is 5.43. The number of thiocarbonyl (C=S) groups is 1. The van der Waals surface area contributed by atoms with Crippen molar-refractivity contribution >= 4 is 40.0 Å². The van der Waals surface area contributed by atoms with Gasteiger partial charge in [-0.3, -0.25) is 10.1 Å². The zero-order valence-corrected chi connectivity index (χ0v) is 23.4. The number of aryl methyl sites for hydroxylation is 2. The van der Waals surface area contributed by atoms with Gasteiger partial charge in [0.15, 0.2) is 5.11 Å². The Hall–Kier alpha value is -4.56. The number of rotatable bonds is 9. The molecule has 40 heavy (non-hydrogen) atoms. The molecule has 7 nitrogen and oxygen atoms in total. The summed E-state index contributed by atoms with van der Waals surface area (Å²) in [4.78, 5) is 14.4. The van der Waals surface area contributed by atoms with Gasteiger partial charge in [-0.05, 0) is 97.2 Å². The van der Waals surface area contributed by atoms with Crippen LogP contribution in [0, 0.1) is 6.92 Å². The van der Waals surface area contributed by atoms with Gasteiger partial charge < -0.3 is 10.1 Å². The molecule has 5 rings (SSSR count). The van der Waals surface area contributed by atoms with Crippen LogP contribution in [0.15, 0.2) is 91.0 Å². The van der Waals surface area contributed by atoms with Crippen molar-refractivity contribution in [1.82, 2.24) is 20.3 Å². The molecule has 0 radical (unpaired) electrons. The molecular formula is C32H31N5O2S. The summed E-state index contributed by atoms with van der Waals surface area (Å²) in [5.41, 5.74) is 6.97. The van der Waals surface area contributed by atoms with Crippen LogP contribution in [0.25, 0.3) is 16.7 Å². The van der Waals surface area contributed by atoms with Gasteiger partial charge in [-0.15, -0.1) is 10.2 Å². The molecule has 1 amide bonds. The van der Waals surface area contributed by atoms with Gasteiger partial charge in [0.05, 0.1) is 5.69 Å². The van der Waals surface area contributed by atoms with Gasteiger partial charge in [0, 0.05) is 11.3 Å². The largest absolute Gasteiger partial charge is 0.489 e. The molecule has 0 aliphatic heterocycles. The Morgan fingerprint density at radius 3 is 2.30 bits per heavy atom. The fourth-order valence-corrected chi connectivity index (χ4v) is 4.47. The van der Waals surface area contributed by atoms with Gasteiger partial charge in [-0.2, -0.15) is 4.80 Å². The Morgan fingerprint density at radius 1 is 0.900 bits per heavy atom. The van der Waals surface area contributed by atoms with Gasteiger partial charge in [-0.25, -0.2) is 0 Å². The lowest BCUT2D eigenvalue weighted by atomic mass is 10.1. The van der Waals surface area contributed by atoms with Crippen LogP contribution in [0.5, 0.6) is 5.75 Å². The molecule has 0 saturated carbocycles. The number of anilines is 1. The number of benzene rings is 4. The molecule has 5 aromatic rings. The Morgan fingerprint density at radius 2 is 1.60 bits per heavy atom. The Labute approximate surface area is 239 Å². The second-order valence-electron chi connectivity index (χ2n) is 9.62. The van der Waals surface area contributed by atoms with E-state index < -0.39 is 0 Å². The second-order valence-corrected chi connectivity index (χ2v) is 10.0. The molecule has 0 saturated heterocycles. The minimum absolute atomic E-state index is 0.201. The van der Waals surface area contributed by atoms with Gasteiger partial charge in [-0.1, -0.05) is 55.8 Å². The number of ether oxygens (including phenoxy) is 1. The topological polar surface area (TPSA) is 81.1 Å². The van der Waals surface area contributed by atoms with Crippen molar-refractivity contribution in [2.75, 3.05) is 5.32 Å². The smallest absolute Gasteiger partial charge is 0.257 e. The Kier molecular flexibility index (Phi) is 8.47. The highest BCUT2D eigenvalue weighted by atomic mass is 32.1. The third-order valence-electron chi connectivity index (χ3n) is 6.55. The summed E-state index contributed by atoms with van der Waals surface area (Å²) in [7, 11) is 0. The fourth-order valence-electron chi connectivity index (χ4n) is 4.27. The first kappa shape index (κ1) is 27.0. The Bertz CT molecular complexity index is 1610. The third kappa shape index (κ3) is 6.71. The SMILES string of the molecule is CCCCc1ccc(-n2nc3cc(C)c(NC(=S)NC(=O)c4ccc(OCc5ccccc5)cc4)cc3n2)cc1. The van der Waals surface area contributed by atoms with Gasteiger partial charge in [0.2, 0.25) is 0 Å². The molecule has 202 valence electrons. The van der Waals surface area contributed by atoms with Crippen LogP contribution in [0.4, 0.5) is 5.69 Å². The van der Waals surface area contributed by atoms with Crippen LogP contribution in [0.3, 0.4) is 0 Å². The highest BCUT2D eigenvalue weighted by Crippen LogP contribution is 2.23. The van der Waals surface area contributed by atoms with Crippen LogP contribution in [-0.4, -0.2) is 26.0 Å². The van der Waals surface area contributed by atoms with Crippen molar-refractivity contribution < 1.29 is 9.53 Å². The predicted octanol–water partition coefficient (Wildman–Crippen LogP) is 6.78. The molecule has 1 heterocycles. The molecular weight excluding hydrogens is 518 g/mol. The lowest BCUT2D eigenvalue weighted by molar-refractivity contribution is 0.0977. The van der Waals surface area contributed by atoms with E-state index in [4.69, 9.17) is 17.0 Å². The maximum absolute atomic E-state index is 12.8. The van der Waals surface area contributed by atoms with Gasteiger partial charge in [0.1, 0.15) is 23.4 Å². The van der Waals surface area contributed by atoms with E-state index in [0.717, 1.165) is 40.0 Å². The lowest BCUT2D eigenvalue weighted by Gasteiger charge is -2.12. The summed E-state index contributed by atoms with van der Waals surface area (Å²) in [6.07, 6.45) is 3.43. The summed E-state index contributed by atoms with van der Waals surface area (Å²) in [5, 5.41) is 15.4. The predicted molar refractivity (Wildman–Crippen MR) is 163 cm³/mol. The average Bonchev–Trinajstić information content (AvgIpc) is 3.38. The standard InChI is InChI=1S/C32H31N5O2S/c1-3-4-8-23-11-15-26(16-12-23)37-35-29-19-22(2)28(20-30(29)36-37)33-32(40)34-31(38)25-13-17-27(18-14-25)39-21-24-9-6-5-7-10-24/h5-7,9-20H,3-4,8,21H2,1-2H3,(H2,33,34,38,40). The van der Waals surface area contributed by atoms with Crippen molar-refractivity contribution in [3.05, 3.63) is 113 Å². The fraction of sp³-hybridized carbons (Fsp3) is 0.188. The molecule has 0 spiro atoms. The number of nitrogens with one attached hydrogen (secondary N) is 2. The van der Waals surface area contributed by atoms with E-state index in [1.165, 1.54) is 18.4 Å². The first-order valence-corrected chi connectivity index (χ1v) is 13.8. The van der Waals surface area contributed by atoms with E-state index in [9.17, 15) is 4.79 Å². The zero-order chi connectivity index (χ0) is 27.9. The van der Waals surface area contributed by atoms with Crippen molar-refractivity contribution in [2.24, 2.45) is 0 Å². The molecule has 0 aliphatic carbocycles. The van der Waals surface area contributed by atoms with Crippen molar-refractivity contribution in [2.45, 2.75) is 39.7 Å². The summed E-state index contributed by atoms with van der Waals surface area (Å²) in [6.45, 7) is 4.62. The maximum atomic E-state index is 12.8. The number of carbonyl (C=O) groups is 1. The normalized spacial score (nSPS) is 10.8. The van der Waals surface area contributed by atoms with Crippen LogP contribution < -0.4 is 15.4 Å². The number of unbranched alkanes of at least 4 members (excludes halogenated alkanes) is 1. The number of hydrogen-bond acceptors (Lipinski definition) is 5. The van der Waals surface area contributed by atoms with Crippen LogP contribution in [0.1, 0.15) is 46.8 Å². The number of fused-ring (bicyclic) bond motifs is 1. The third-order valence-corrected chi connectivity index (χ3v) is 6.76. The molecule has 2 N–H and O–H groups in total. The highest BCUT2D eigenvalue weighted by Gasteiger charge is 2.12. The molecule has 0 fully saturated rings. The molecule has 0 aliphatic rings. The van der Waals surface area contributed by atoms with E-state index >= 15 is 0 Å². The maximum Gasteiger partial charge on any atom is 0.257 e. The average molecular weight is 550 g/mol. The molecule has 4 aromatic carbocycles. The van der Waals surface area contributed by atoms with E-state index in [-0.39, 0.29) is 11.0 Å². The molecule has 0 unspecified atom stereocenters.